The van der Waals surface area contributed by atoms with Crippen LogP contribution in [0.25, 0.3) is 0 Å². The molecular weight excluding hydrogens is 290 g/mol. The van der Waals surface area contributed by atoms with Gasteiger partial charge in [0.15, 0.2) is 0 Å². The molecule has 2 heterocycles. The highest BCUT2D eigenvalue weighted by atomic mass is 32.2. The Kier molecular flexibility index (Phi) is 5.08. The number of hydrogen-bond acceptors (Lipinski definition) is 4. The predicted octanol–water partition coefficient (Wildman–Crippen LogP) is 1.07. The molecule has 21 heavy (non-hydrogen) atoms. The summed E-state index contributed by atoms with van der Waals surface area (Å²) in [5.41, 5.74) is 0.444. The lowest BCUT2D eigenvalue weighted by Crippen LogP contribution is -2.51. The summed E-state index contributed by atoms with van der Waals surface area (Å²) in [7, 11) is -1.68. The van der Waals surface area contributed by atoms with Crippen molar-refractivity contribution in [3.8, 4) is 0 Å². The van der Waals surface area contributed by atoms with Gasteiger partial charge in [0.05, 0.1) is 17.0 Å². The second-order valence-corrected chi connectivity index (χ2v) is 7.49. The molecule has 0 radical (unpaired) electrons. The third kappa shape index (κ3) is 3.85. The van der Waals surface area contributed by atoms with Gasteiger partial charge in [0.2, 0.25) is 10.0 Å². The van der Waals surface area contributed by atoms with E-state index in [9.17, 15) is 8.42 Å². The number of aromatic nitrogens is 1. The van der Waals surface area contributed by atoms with Crippen LogP contribution in [0.2, 0.25) is 0 Å². The highest BCUT2D eigenvalue weighted by Crippen LogP contribution is 2.23. The van der Waals surface area contributed by atoms with Crippen molar-refractivity contribution in [2.75, 3.05) is 20.3 Å². The van der Waals surface area contributed by atoms with Gasteiger partial charge in [-0.2, -0.15) is 0 Å². The van der Waals surface area contributed by atoms with Crippen molar-refractivity contribution < 1.29 is 13.2 Å². The van der Waals surface area contributed by atoms with Crippen LogP contribution in [0.4, 0.5) is 0 Å². The minimum absolute atomic E-state index is 0.321. The smallest absolute Gasteiger partial charge is 0.242 e. The van der Waals surface area contributed by atoms with E-state index < -0.39 is 15.6 Å². The zero-order chi connectivity index (χ0) is 15.5. The summed E-state index contributed by atoms with van der Waals surface area (Å²) in [4.78, 5) is 0.321. The van der Waals surface area contributed by atoms with Gasteiger partial charge < -0.3 is 14.6 Å². The third-order valence-corrected chi connectivity index (χ3v) is 5.39. The largest absolute Gasteiger partial charge is 0.380 e. The van der Waals surface area contributed by atoms with Gasteiger partial charge in [0, 0.05) is 31.6 Å². The van der Waals surface area contributed by atoms with Gasteiger partial charge in [-0.15, -0.1) is 0 Å². The molecule has 0 saturated carbocycles. The van der Waals surface area contributed by atoms with Gasteiger partial charge in [-0.1, -0.05) is 0 Å². The molecule has 6 nitrogen and oxygen atoms in total. The van der Waals surface area contributed by atoms with Crippen LogP contribution in [0.15, 0.2) is 17.2 Å². The molecule has 0 aliphatic carbocycles. The molecule has 120 valence electrons. The maximum Gasteiger partial charge on any atom is 0.242 e. The minimum Gasteiger partial charge on any atom is -0.380 e. The predicted molar refractivity (Wildman–Crippen MR) is 81.6 cm³/mol. The second-order valence-electron chi connectivity index (χ2n) is 5.81. The van der Waals surface area contributed by atoms with Crippen molar-refractivity contribution in [2.24, 2.45) is 0 Å². The van der Waals surface area contributed by atoms with Crippen LogP contribution in [0, 0.1) is 0 Å². The zero-order valence-electron chi connectivity index (χ0n) is 13.0. The van der Waals surface area contributed by atoms with E-state index in [1.807, 2.05) is 25.5 Å². The average Bonchev–Trinajstić information content (AvgIpc) is 2.83. The number of hydrogen-bond donors (Lipinski definition) is 2. The summed E-state index contributed by atoms with van der Waals surface area (Å²) in [6.45, 7) is 6.41. The van der Waals surface area contributed by atoms with Crippen LogP contribution in [0.3, 0.4) is 0 Å². The van der Waals surface area contributed by atoms with E-state index in [1.54, 1.807) is 12.3 Å². The Morgan fingerprint density at radius 1 is 1.48 bits per heavy atom. The number of ether oxygens (including phenoxy) is 1. The van der Waals surface area contributed by atoms with E-state index in [2.05, 4.69) is 10.0 Å². The minimum atomic E-state index is -3.53. The molecule has 1 aliphatic heterocycles. The molecule has 1 saturated heterocycles. The normalized spacial score (nSPS) is 23.4. The molecule has 1 unspecified atom stereocenters. The number of aryl methyl sites for hydroxylation is 1. The summed E-state index contributed by atoms with van der Waals surface area (Å²) < 4.78 is 35.4. The Balaban J connectivity index is 2.22. The van der Waals surface area contributed by atoms with Gasteiger partial charge >= 0.3 is 0 Å². The number of nitrogens with one attached hydrogen (secondary N) is 2. The number of rotatable bonds is 6. The quantitative estimate of drug-likeness (QED) is 0.824. The fourth-order valence-corrected chi connectivity index (χ4v) is 4.18. The van der Waals surface area contributed by atoms with Crippen LogP contribution >= 0.6 is 0 Å². The van der Waals surface area contributed by atoms with Gasteiger partial charge in [-0.25, -0.2) is 13.1 Å². The van der Waals surface area contributed by atoms with Crippen LogP contribution in [-0.2, 0) is 27.8 Å². The van der Waals surface area contributed by atoms with Crippen molar-refractivity contribution in [3.63, 3.8) is 0 Å². The first-order valence-electron chi connectivity index (χ1n) is 7.35. The zero-order valence-corrected chi connectivity index (χ0v) is 13.8. The van der Waals surface area contributed by atoms with Gasteiger partial charge in [0.1, 0.15) is 0 Å². The lowest BCUT2D eigenvalue weighted by Gasteiger charge is -2.33. The summed E-state index contributed by atoms with van der Waals surface area (Å²) in [6, 6.07) is 1.73. The van der Waals surface area contributed by atoms with E-state index in [0.717, 1.165) is 25.1 Å². The Morgan fingerprint density at radius 3 is 2.81 bits per heavy atom. The van der Waals surface area contributed by atoms with Gasteiger partial charge in [-0.3, -0.25) is 0 Å². The van der Waals surface area contributed by atoms with Crippen LogP contribution in [0.5, 0.6) is 0 Å². The topological polar surface area (TPSA) is 72.4 Å². The average molecular weight is 315 g/mol. The molecule has 0 spiro atoms. The highest BCUT2D eigenvalue weighted by Gasteiger charge is 2.33. The summed E-state index contributed by atoms with van der Waals surface area (Å²) >= 11 is 0. The maximum absolute atomic E-state index is 12.6. The lowest BCUT2D eigenvalue weighted by atomic mass is 9.97. The Bertz CT molecular complexity index is 574. The van der Waals surface area contributed by atoms with E-state index in [0.29, 0.717) is 24.7 Å². The van der Waals surface area contributed by atoms with Crippen LogP contribution < -0.4 is 10.0 Å². The molecule has 1 aromatic rings. The second kappa shape index (κ2) is 6.48. The van der Waals surface area contributed by atoms with Crippen molar-refractivity contribution in [1.29, 1.82) is 0 Å². The van der Waals surface area contributed by atoms with Gasteiger partial charge in [0.25, 0.3) is 0 Å². The standard InChI is InChI=1S/C14H25N3O3S/c1-4-17-10-13(8-12(17)9-15-3)21(18,19)16-14(2)6-5-7-20-11-14/h8,10,15-16H,4-7,9,11H2,1-3H3. The van der Waals surface area contributed by atoms with Crippen molar-refractivity contribution in [1.82, 2.24) is 14.6 Å². The number of sulfonamides is 1. The first kappa shape index (κ1) is 16.5. The molecule has 1 atom stereocenters. The van der Waals surface area contributed by atoms with E-state index in [4.69, 9.17) is 4.74 Å². The SMILES string of the molecule is CCn1cc(S(=O)(=O)NC2(C)CCCOC2)cc1CNC. The first-order valence-corrected chi connectivity index (χ1v) is 8.84. The molecule has 0 aromatic carbocycles. The van der Waals surface area contributed by atoms with E-state index in [-0.39, 0.29) is 0 Å². The Labute approximate surface area is 126 Å². The fraction of sp³-hybridized carbons (Fsp3) is 0.714. The summed E-state index contributed by atoms with van der Waals surface area (Å²) in [5, 5.41) is 3.06. The molecule has 1 aromatic heterocycles. The molecule has 1 fully saturated rings. The van der Waals surface area contributed by atoms with Crippen molar-refractivity contribution in [2.45, 2.75) is 50.2 Å². The highest BCUT2D eigenvalue weighted by molar-refractivity contribution is 7.89. The maximum atomic E-state index is 12.6. The van der Waals surface area contributed by atoms with E-state index in [1.165, 1.54) is 0 Å². The van der Waals surface area contributed by atoms with Gasteiger partial charge in [-0.05, 0) is 39.8 Å². The number of nitrogens with zero attached hydrogens (tertiary/aromatic N) is 1. The monoisotopic (exact) mass is 315 g/mol. The van der Waals surface area contributed by atoms with Crippen molar-refractivity contribution >= 4 is 10.0 Å². The summed E-state index contributed by atoms with van der Waals surface area (Å²) in [6.07, 6.45) is 3.37. The molecule has 1 aliphatic rings. The third-order valence-electron chi connectivity index (χ3n) is 3.79. The Hall–Kier alpha value is -0.890. The van der Waals surface area contributed by atoms with Crippen LogP contribution in [0.1, 0.15) is 32.4 Å². The first-order chi connectivity index (χ1) is 9.90. The molecule has 0 amide bonds. The molecule has 7 heteroatoms. The van der Waals surface area contributed by atoms with Crippen LogP contribution in [-0.4, -0.2) is 38.8 Å². The molecular formula is C14H25N3O3S. The lowest BCUT2D eigenvalue weighted by molar-refractivity contribution is 0.0386. The summed E-state index contributed by atoms with van der Waals surface area (Å²) in [5.74, 6) is 0. The van der Waals surface area contributed by atoms with Crippen molar-refractivity contribution in [3.05, 3.63) is 18.0 Å². The molecule has 0 bridgehead atoms. The van der Waals surface area contributed by atoms with E-state index >= 15 is 0 Å². The molecule has 2 N–H and O–H groups in total. The molecule has 2 rings (SSSR count). The fourth-order valence-electron chi connectivity index (χ4n) is 2.69. The Morgan fingerprint density at radius 2 is 2.24 bits per heavy atom.